The topological polar surface area (TPSA) is 0 Å². The molecule has 0 aromatic heterocycles. The molecule has 14 rings (SSSR count). The lowest BCUT2D eigenvalue weighted by molar-refractivity contribution is 0.164. The van der Waals surface area contributed by atoms with Gasteiger partial charge in [0.25, 0.3) is 0 Å². The van der Waals surface area contributed by atoms with Crippen molar-refractivity contribution in [1.29, 1.82) is 0 Å². The van der Waals surface area contributed by atoms with Gasteiger partial charge in [-0.3, -0.25) is 0 Å². The van der Waals surface area contributed by atoms with Gasteiger partial charge in [-0.05, 0) is 406 Å². The van der Waals surface area contributed by atoms with Crippen LogP contribution in [0.3, 0.4) is 0 Å². The van der Waals surface area contributed by atoms with Gasteiger partial charge in [0.1, 0.15) is 0 Å². The minimum Gasteiger partial charge on any atom is -0.203 e. The van der Waals surface area contributed by atoms with E-state index in [1.165, 1.54) is 77.0 Å². The van der Waals surface area contributed by atoms with E-state index in [4.69, 9.17) is 0 Å². The van der Waals surface area contributed by atoms with E-state index < -0.39 is 69.8 Å². The molecule has 0 bridgehead atoms. The highest BCUT2D eigenvalue weighted by molar-refractivity contribution is 5.41. The van der Waals surface area contributed by atoms with E-state index in [0.29, 0.717) is 66.8 Å². The lowest BCUT2D eigenvalue weighted by atomic mass is 9.68. The van der Waals surface area contributed by atoms with Gasteiger partial charge in [0.05, 0.1) is 0 Å². The lowest BCUT2D eigenvalue weighted by Gasteiger charge is -2.37. The molecule has 0 amide bonds. The molecule has 0 nitrogen and oxygen atoms in total. The third-order valence-corrected chi connectivity index (χ3v) is 29.3. The first-order chi connectivity index (χ1) is 54.0. The molecule has 114 heavy (non-hydrogen) atoms. The molecule has 0 aliphatic heterocycles. The molecule has 0 unspecified atom stereocenters. The Morgan fingerprint density at radius 3 is 0.395 bits per heavy atom. The predicted octanol–water partition coefficient (Wildman–Crippen LogP) is 34.8. The monoisotopic (exact) mass is 1610 g/mol. The van der Waals surface area contributed by atoms with Crippen molar-refractivity contribution in [3.05, 3.63) is 206 Å². The largest absolute Gasteiger partial charge is 0.203 e. The van der Waals surface area contributed by atoms with Crippen molar-refractivity contribution in [3.8, 4) is 0 Å². The average Bonchev–Trinajstić information content (AvgIpc) is 0.823. The Kier molecular flexibility index (Phi) is 34.0. The smallest absolute Gasteiger partial charge is 0.162 e. The summed E-state index contributed by atoms with van der Waals surface area (Å²) in [4.78, 5) is 0. The second-order valence-electron chi connectivity index (χ2n) is 38.4. The molecular formula is C102H156F12. The first-order valence-corrected chi connectivity index (χ1v) is 44.7. The molecule has 6 aromatic carbocycles. The van der Waals surface area contributed by atoms with Crippen LogP contribution in [0.4, 0.5) is 52.7 Å². The standard InChI is InChI=1S/2C21H30F2.4C15H20F2.8H2/c2*1-13-4-6-16(7-5-13)17-8-10-18(11-9-17)19-14(2)12-15(3)20(22)21(19)23;4*1-9-4-6-12(7-5-9)13-10(2)8-11(3)14(16)15(13)17;;;;;;;;/h2*12-13,16-18H,4-11H2,1-3H3;4*8-9,12H,4-7H2,1-3H3;8*1H. The van der Waals surface area contributed by atoms with Crippen molar-refractivity contribution in [2.24, 2.45) is 59.2 Å². The van der Waals surface area contributed by atoms with Gasteiger partial charge in [-0.1, -0.05) is 155 Å². The van der Waals surface area contributed by atoms with Gasteiger partial charge in [0.2, 0.25) is 0 Å². The van der Waals surface area contributed by atoms with Crippen LogP contribution in [0, 0.1) is 212 Å². The quantitative estimate of drug-likeness (QED) is 0.133. The molecular weight excluding hydrogens is 1450 g/mol. The third kappa shape index (κ3) is 23.1. The minimum absolute atomic E-state index is 0. The average molecular weight is 1610 g/mol. The summed E-state index contributed by atoms with van der Waals surface area (Å²) in [5.74, 6) is 1.82. The van der Waals surface area contributed by atoms with E-state index in [-0.39, 0.29) is 46.9 Å². The van der Waals surface area contributed by atoms with E-state index in [1.807, 2.05) is 53.7 Å². The van der Waals surface area contributed by atoms with E-state index in [1.54, 1.807) is 65.8 Å². The fraction of sp³-hybridized carbons (Fsp3) is 0.647. The van der Waals surface area contributed by atoms with Crippen LogP contribution in [0.2, 0.25) is 0 Å². The number of hydrogen-bond donors (Lipinski definition) is 0. The Bertz CT molecular complexity index is 3740. The summed E-state index contributed by atoms with van der Waals surface area (Å²) in [6.07, 6.45) is 36.8. The molecule has 0 saturated heterocycles. The Morgan fingerprint density at radius 2 is 0.263 bits per heavy atom. The van der Waals surface area contributed by atoms with Crippen molar-refractivity contribution in [2.45, 2.75) is 366 Å². The van der Waals surface area contributed by atoms with Crippen molar-refractivity contribution in [3.63, 3.8) is 0 Å². The highest BCUT2D eigenvalue weighted by atomic mass is 19.2. The number of halogens is 12. The van der Waals surface area contributed by atoms with Crippen LogP contribution >= 0.6 is 0 Å². The molecule has 8 saturated carbocycles. The van der Waals surface area contributed by atoms with Gasteiger partial charge in [-0.15, -0.1) is 0 Å². The molecule has 0 N–H and O–H groups in total. The van der Waals surface area contributed by atoms with Crippen molar-refractivity contribution >= 4 is 0 Å². The summed E-state index contributed by atoms with van der Waals surface area (Å²) in [5.41, 5.74) is 11.8. The molecule has 0 spiro atoms. The predicted molar refractivity (Wildman–Crippen MR) is 465 cm³/mol. The van der Waals surface area contributed by atoms with Crippen molar-refractivity contribution in [1.82, 2.24) is 0 Å². The number of hydrogen-bond acceptors (Lipinski definition) is 0. The van der Waals surface area contributed by atoms with Gasteiger partial charge in [0, 0.05) is 11.4 Å². The van der Waals surface area contributed by atoms with Gasteiger partial charge in [-0.25, -0.2) is 52.7 Å². The molecule has 6 aromatic rings. The Balaban J connectivity index is 0.000000726. The summed E-state index contributed by atoms with van der Waals surface area (Å²) in [6, 6.07) is 10.7. The summed E-state index contributed by atoms with van der Waals surface area (Å²) in [7, 11) is 0. The van der Waals surface area contributed by atoms with E-state index in [2.05, 4.69) is 41.5 Å². The minimum atomic E-state index is -0.663. The molecule has 8 aliphatic carbocycles. The molecule has 0 atom stereocenters. The van der Waals surface area contributed by atoms with Crippen LogP contribution in [0.25, 0.3) is 0 Å². The van der Waals surface area contributed by atoms with Crippen molar-refractivity contribution < 1.29 is 64.1 Å². The molecule has 8 aliphatic rings. The van der Waals surface area contributed by atoms with Crippen LogP contribution < -0.4 is 0 Å². The Hall–Kier alpha value is -5.52. The van der Waals surface area contributed by atoms with Gasteiger partial charge in [-0.2, -0.15) is 0 Å². The SMILES string of the molecule is Cc1cc(C)c(C2CCC(C)CC2)c(F)c1F.Cc1cc(C)c(C2CCC(C)CC2)c(F)c1F.Cc1cc(C)c(C2CCC(C)CC2)c(F)c1F.Cc1cc(C)c(C2CCC(C)CC2)c(F)c1F.Cc1cc(C)c(C2CCC(C3CCC(C)CC3)CC2)c(F)c1F.Cc1cc(C)c(C2CCC(C3CCC(C)CC3)CC2)c(F)c1F.[HH].[HH].[HH].[HH].[HH].[HH].[HH].[HH]. The summed E-state index contributed by atoms with van der Waals surface area (Å²) >= 11 is 0. The lowest BCUT2D eigenvalue weighted by Crippen LogP contribution is -2.25. The van der Waals surface area contributed by atoms with E-state index in [9.17, 15) is 52.7 Å². The first-order valence-electron chi connectivity index (χ1n) is 44.7. The van der Waals surface area contributed by atoms with Crippen LogP contribution in [-0.2, 0) is 0 Å². The normalized spacial score (nSPS) is 27.8. The van der Waals surface area contributed by atoms with Gasteiger partial charge in [0.15, 0.2) is 69.8 Å². The van der Waals surface area contributed by atoms with E-state index in [0.717, 1.165) is 221 Å². The van der Waals surface area contributed by atoms with Gasteiger partial charge >= 0.3 is 0 Å². The molecule has 648 valence electrons. The first kappa shape index (κ1) is 92.4. The fourth-order valence-electron chi connectivity index (χ4n) is 22.1. The zero-order valence-electron chi connectivity index (χ0n) is 72.9. The van der Waals surface area contributed by atoms with Crippen LogP contribution in [0.5, 0.6) is 0 Å². The zero-order chi connectivity index (χ0) is 83.4. The maximum atomic E-state index is 14.4. The maximum absolute atomic E-state index is 14.4. The van der Waals surface area contributed by atoms with Crippen LogP contribution in [0.15, 0.2) is 36.4 Å². The summed E-state index contributed by atoms with van der Waals surface area (Å²) < 4.78 is 167. The molecule has 12 heteroatoms. The Labute approximate surface area is 692 Å². The van der Waals surface area contributed by atoms with Crippen LogP contribution in [0.1, 0.15) is 394 Å². The maximum Gasteiger partial charge on any atom is 0.162 e. The highest BCUT2D eigenvalue weighted by Crippen LogP contribution is 2.50. The third-order valence-electron chi connectivity index (χ3n) is 29.3. The van der Waals surface area contributed by atoms with Crippen molar-refractivity contribution in [2.75, 3.05) is 0 Å². The summed E-state index contributed by atoms with van der Waals surface area (Å²) in [5, 5.41) is 0. The zero-order valence-corrected chi connectivity index (χ0v) is 72.9. The second-order valence-corrected chi connectivity index (χ2v) is 38.4. The van der Waals surface area contributed by atoms with Crippen LogP contribution in [-0.4, -0.2) is 0 Å². The second kappa shape index (κ2) is 41.9. The number of rotatable bonds is 8. The highest BCUT2D eigenvalue weighted by Gasteiger charge is 2.37. The molecule has 0 radical (unpaired) electrons. The fourth-order valence-corrected chi connectivity index (χ4v) is 22.1. The van der Waals surface area contributed by atoms with E-state index >= 15 is 0 Å². The molecule has 8 fully saturated rings. The summed E-state index contributed by atoms with van der Waals surface area (Å²) in [6.45, 7) is 34.9. The number of aryl methyl sites for hydroxylation is 12. The Morgan fingerprint density at radius 1 is 0.158 bits per heavy atom. The van der Waals surface area contributed by atoms with Gasteiger partial charge < -0.3 is 0 Å². The molecule has 0 heterocycles. The number of benzene rings is 6.